The normalized spacial score (nSPS) is 11.4. The van der Waals surface area contributed by atoms with E-state index in [1.54, 1.807) is 24.6 Å². The lowest BCUT2D eigenvalue weighted by Crippen LogP contribution is -2.38. The van der Waals surface area contributed by atoms with Gasteiger partial charge in [-0.25, -0.2) is 15.0 Å². The molecule has 0 aliphatic rings. The minimum Gasteiger partial charge on any atom is -0.481 e. The number of methoxy groups -OCH3 is 1. The first-order valence-electron chi connectivity index (χ1n) is 8.06. The van der Waals surface area contributed by atoms with E-state index in [2.05, 4.69) is 46.4 Å². The molecule has 0 aliphatic carbocycles. The summed E-state index contributed by atoms with van der Waals surface area (Å²) in [4.78, 5) is 14.6. The first-order chi connectivity index (χ1) is 11.6. The van der Waals surface area contributed by atoms with Crippen molar-refractivity contribution in [3.63, 3.8) is 0 Å². The highest BCUT2D eigenvalue weighted by molar-refractivity contribution is 7.11. The zero-order chi connectivity index (χ0) is 17.4. The summed E-state index contributed by atoms with van der Waals surface area (Å²) in [6.45, 7) is 8.42. The Labute approximate surface area is 147 Å². The van der Waals surface area contributed by atoms with E-state index >= 15 is 0 Å². The van der Waals surface area contributed by atoms with Gasteiger partial charge in [0.05, 0.1) is 24.4 Å². The van der Waals surface area contributed by atoms with Crippen molar-refractivity contribution in [3.8, 4) is 5.88 Å². The summed E-state index contributed by atoms with van der Waals surface area (Å²) in [6, 6.07) is 3.84. The predicted octanol–water partition coefficient (Wildman–Crippen LogP) is 2.46. The van der Waals surface area contributed by atoms with Crippen molar-refractivity contribution in [3.05, 3.63) is 39.5 Å². The van der Waals surface area contributed by atoms with Crippen molar-refractivity contribution in [2.45, 2.75) is 33.7 Å². The molecule has 2 aromatic heterocycles. The van der Waals surface area contributed by atoms with Gasteiger partial charge in [0, 0.05) is 36.7 Å². The Bertz CT molecular complexity index is 664. The SMILES string of the molecule is CCNC(=NCc1ccnc(OC)c1)NCCc1nc(C)c(C)s1. The number of pyridine rings is 1. The number of aliphatic imine (C=N–C) groups is 1. The molecule has 0 fully saturated rings. The van der Waals surface area contributed by atoms with Crippen molar-refractivity contribution < 1.29 is 4.74 Å². The van der Waals surface area contributed by atoms with Gasteiger partial charge in [-0.3, -0.25) is 0 Å². The van der Waals surface area contributed by atoms with Crippen LogP contribution in [0.1, 0.15) is 28.1 Å². The number of rotatable bonds is 7. The molecule has 6 nitrogen and oxygen atoms in total. The molecule has 0 unspecified atom stereocenters. The number of aryl methyl sites for hydroxylation is 2. The van der Waals surface area contributed by atoms with Crippen LogP contribution >= 0.6 is 11.3 Å². The number of guanidine groups is 1. The predicted molar refractivity (Wildman–Crippen MR) is 98.9 cm³/mol. The van der Waals surface area contributed by atoms with E-state index in [0.717, 1.165) is 41.7 Å². The fourth-order valence-electron chi connectivity index (χ4n) is 2.11. The summed E-state index contributed by atoms with van der Waals surface area (Å²) >= 11 is 1.76. The number of aromatic nitrogens is 2. The molecule has 2 N–H and O–H groups in total. The van der Waals surface area contributed by atoms with Crippen LogP contribution in [0.15, 0.2) is 23.3 Å². The summed E-state index contributed by atoms with van der Waals surface area (Å²) in [6.07, 6.45) is 2.63. The Morgan fingerprint density at radius 2 is 2.17 bits per heavy atom. The van der Waals surface area contributed by atoms with Gasteiger partial charge in [0.2, 0.25) is 5.88 Å². The van der Waals surface area contributed by atoms with Gasteiger partial charge in [0.15, 0.2) is 5.96 Å². The van der Waals surface area contributed by atoms with Gasteiger partial charge in [-0.05, 0) is 32.4 Å². The number of ether oxygens (including phenoxy) is 1. The zero-order valence-corrected chi connectivity index (χ0v) is 15.5. The van der Waals surface area contributed by atoms with E-state index in [-0.39, 0.29) is 0 Å². The lowest BCUT2D eigenvalue weighted by molar-refractivity contribution is 0.397. The molecule has 2 aromatic rings. The van der Waals surface area contributed by atoms with E-state index in [0.29, 0.717) is 12.4 Å². The van der Waals surface area contributed by atoms with Crippen LogP contribution in [0.2, 0.25) is 0 Å². The van der Waals surface area contributed by atoms with E-state index < -0.39 is 0 Å². The average Bonchev–Trinajstić information content (AvgIpc) is 2.91. The van der Waals surface area contributed by atoms with Gasteiger partial charge < -0.3 is 15.4 Å². The number of nitrogens with zero attached hydrogens (tertiary/aromatic N) is 3. The largest absolute Gasteiger partial charge is 0.481 e. The number of hydrogen-bond acceptors (Lipinski definition) is 5. The second-order valence-corrected chi connectivity index (χ2v) is 6.62. The van der Waals surface area contributed by atoms with Crippen LogP contribution in [0.4, 0.5) is 0 Å². The van der Waals surface area contributed by atoms with Crippen LogP contribution < -0.4 is 15.4 Å². The maximum atomic E-state index is 5.14. The first-order valence-corrected chi connectivity index (χ1v) is 8.88. The van der Waals surface area contributed by atoms with E-state index in [1.807, 2.05) is 12.1 Å². The van der Waals surface area contributed by atoms with Crippen molar-refractivity contribution in [2.75, 3.05) is 20.2 Å². The molecule has 0 aromatic carbocycles. The van der Waals surface area contributed by atoms with E-state index in [9.17, 15) is 0 Å². The van der Waals surface area contributed by atoms with Crippen molar-refractivity contribution >= 4 is 17.3 Å². The van der Waals surface area contributed by atoms with E-state index in [1.165, 1.54) is 4.88 Å². The Hall–Kier alpha value is -2.15. The molecular weight excluding hydrogens is 322 g/mol. The number of hydrogen-bond donors (Lipinski definition) is 2. The summed E-state index contributed by atoms with van der Waals surface area (Å²) in [5, 5.41) is 7.77. The van der Waals surface area contributed by atoms with Crippen LogP contribution in [-0.2, 0) is 13.0 Å². The van der Waals surface area contributed by atoms with Crippen LogP contribution in [0, 0.1) is 13.8 Å². The number of thiazole rings is 1. The third kappa shape index (κ3) is 5.49. The molecule has 24 heavy (non-hydrogen) atoms. The molecule has 0 amide bonds. The topological polar surface area (TPSA) is 71.4 Å². The maximum Gasteiger partial charge on any atom is 0.213 e. The van der Waals surface area contributed by atoms with Crippen molar-refractivity contribution in [1.82, 2.24) is 20.6 Å². The average molecular weight is 347 g/mol. The smallest absolute Gasteiger partial charge is 0.213 e. The number of nitrogens with one attached hydrogen (secondary N) is 2. The second-order valence-electron chi connectivity index (χ2n) is 5.33. The Morgan fingerprint density at radius 1 is 1.33 bits per heavy atom. The summed E-state index contributed by atoms with van der Waals surface area (Å²) in [7, 11) is 1.61. The molecule has 130 valence electrons. The van der Waals surface area contributed by atoms with Crippen molar-refractivity contribution in [2.24, 2.45) is 4.99 Å². The summed E-state index contributed by atoms with van der Waals surface area (Å²) in [5.41, 5.74) is 2.19. The minimum atomic E-state index is 0.573. The van der Waals surface area contributed by atoms with E-state index in [4.69, 9.17) is 4.74 Å². The maximum absolute atomic E-state index is 5.14. The van der Waals surface area contributed by atoms with Crippen molar-refractivity contribution in [1.29, 1.82) is 0 Å². The molecule has 0 saturated carbocycles. The second kappa shape index (κ2) is 9.22. The lowest BCUT2D eigenvalue weighted by Gasteiger charge is -2.10. The van der Waals surface area contributed by atoms with Crippen LogP contribution in [0.3, 0.4) is 0 Å². The van der Waals surface area contributed by atoms with Gasteiger partial charge >= 0.3 is 0 Å². The highest BCUT2D eigenvalue weighted by Gasteiger charge is 2.04. The van der Waals surface area contributed by atoms with Crippen LogP contribution in [0.5, 0.6) is 5.88 Å². The quantitative estimate of drug-likeness (QED) is 0.595. The Morgan fingerprint density at radius 3 is 2.83 bits per heavy atom. The standard InChI is InChI=1S/C17H25N5OS/c1-5-18-17(20-9-7-16-22-12(2)13(3)24-16)21-11-14-6-8-19-15(10-14)23-4/h6,8,10H,5,7,9,11H2,1-4H3,(H2,18,20,21). The minimum absolute atomic E-state index is 0.573. The fraction of sp³-hybridized carbons (Fsp3) is 0.471. The Kier molecular flexibility index (Phi) is 6.99. The van der Waals surface area contributed by atoms with Crippen LogP contribution in [-0.4, -0.2) is 36.1 Å². The Balaban J connectivity index is 1.90. The van der Waals surface area contributed by atoms with Crippen LogP contribution in [0.25, 0.3) is 0 Å². The molecular formula is C17H25N5OS. The highest BCUT2D eigenvalue weighted by Crippen LogP contribution is 2.16. The van der Waals surface area contributed by atoms with Gasteiger partial charge in [0.25, 0.3) is 0 Å². The molecule has 0 atom stereocenters. The molecule has 2 heterocycles. The van der Waals surface area contributed by atoms with Gasteiger partial charge in [-0.1, -0.05) is 0 Å². The molecule has 0 spiro atoms. The third-order valence-corrected chi connectivity index (χ3v) is 4.61. The molecule has 0 saturated heterocycles. The summed E-state index contributed by atoms with van der Waals surface area (Å²) in [5.74, 6) is 1.41. The molecule has 0 bridgehead atoms. The molecule has 0 aliphatic heterocycles. The first kappa shape index (κ1) is 18.2. The molecule has 2 rings (SSSR count). The molecule has 7 heteroatoms. The highest BCUT2D eigenvalue weighted by atomic mass is 32.1. The van der Waals surface area contributed by atoms with Gasteiger partial charge in [0.1, 0.15) is 0 Å². The lowest BCUT2D eigenvalue weighted by atomic mass is 10.3. The monoisotopic (exact) mass is 347 g/mol. The fourth-order valence-corrected chi connectivity index (χ4v) is 3.04. The third-order valence-electron chi connectivity index (χ3n) is 3.48. The van der Waals surface area contributed by atoms with Gasteiger partial charge in [-0.2, -0.15) is 0 Å². The van der Waals surface area contributed by atoms with Gasteiger partial charge in [-0.15, -0.1) is 11.3 Å². The summed E-state index contributed by atoms with van der Waals surface area (Å²) < 4.78 is 5.14. The zero-order valence-electron chi connectivity index (χ0n) is 14.7. The molecule has 0 radical (unpaired) electrons.